The summed E-state index contributed by atoms with van der Waals surface area (Å²) in [5.74, 6) is 0.747. The summed E-state index contributed by atoms with van der Waals surface area (Å²) >= 11 is 6.08. The normalized spacial score (nSPS) is 11.6. The molecule has 1 nitrogen and oxygen atoms in total. The van der Waals surface area contributed by atoms with Crippen molar-refractivity contribution in [1.29, 1.82) is 0 Å². The monoisotopic (exact) mass is 212 g/mol. The molecule has 0 fully saturated rings. The van der Waals surface area contributed by atoms with Crippen molar-refractivity contribution < 1.29 is 4.74 Å². The summed E-state index contributed by atoms with van der Waals surface area (Å²) in [5.41, 5.74) is 2.61. The van der Waals surface area contributed by atoms with Crippen LogP contribution >= 0.6 is 11.6 Å². The first-order chi connectivity index (χ1) is 6.36. The Balaban J connectivity index is 3.29. The van der Waals surface area contributed by atoms with E-state index < -0.39 is 0 Å². The molecule has 0 saturated heterocycles. The van der Waals surface area contributed by atoms with E-state index in [1.54, 1.807) is 7.11 Å². The van der Waals surface area contributed by atoms with Gasteiger partial charge in [0.2, 0.25) is 0 Å². The predicted molar refractivity (Wildman–Crippen MR) is 61.4 cm³/mol. The summed E-state index contributed by atoms with van der Waals surface area (Å²) in [7, 11) is 1.64. The summed E-state index contributed by atoms with van der Waals surface area (Å²) in [6, 6.07) is 3.98. The number of methoxy groups -OCH3 is 1. The minimum Gasteiger partial charge on any atom is -0.495 e. The minimum atomic E-state index is 0.125. The molecule has 0 heterocycles. The minimum absolute atomic E-state index is 0.125. The van der Waals surface area contributed by atoms with Crippen molar-refractivity contribution in [3.8, 4) is 5.75 Å². The Morgan fingerprint density at radius 3 is 2.21 bits per heavy atom. The Labute approximate surface area is 91.0 Å². The van der Waals surface area contributed by atoms with Gasteiger partial charge in [-0.3, -0.25) is 0 Å². The van der Waals surface area contributed by atoms with Crippen LogP contribution in [0.4, 0.5) is 0 Å². The molecule has 0 aliphatic heterocycles. The fourth-order valence-corrected chi connectivity index (χ4v) is 1.86. The molecule has 0 aromatic heterocycles. The van der Waals surface area contributed by atoms with E-state index >= 15 is 0 Å². The van der Waals surface area contributed by atoms with Crippen LogP contribution in [0.5, 0.6) is 5.75 Å². The molecule has 1 rings (SSSR count). The van der Waals surface area contributed by atoms with Gasteiger partial charge in [0.1, 0.15) is 5.75 Å². The van der Waals surface area contributed by atoms with E-state index in [9.17, 15) is 0 Å². The van der Waals surface area contributed by atoms with Gasteiger partial charge in [0.25, 0.3) is 0 Å². The molecule has 0 unspecified atom stereocenters. The molecule has 0 aliphatic carbocycles. The zero-order valence-corrected chi connectivity index (χ0v) is 10.2. The molecule has 0 saturated carbocycles. The van der Waals surface area contributed by atoms with Crippen molar-refractivity contribution in [2.75, 3.05) is 7.11 Å². The van der Waals surface area contributed by atoms with Crippen LogP contribution in [-0.2, 0) is 5.41 Å². The highest BCUT2D eigenvalue weighted by atomic mass is 35.5. The van der Waals surface area contributed by atoms with Gasteiger partial charge < -0.3 is 4.74 Å². The number of ether oxygens (including phenoxy) is 1. The molecule has 2 heteroatoms. The summed E-state index contributed by atoms with van der Waals surface area (Å²) in [5, 5.41) is 0.683. The molecule has 14 heavy (non-hydrogen) atoms. The highest BCUT2D eigenvalue weighted by Gasteiger charge is 2.18. The van der Waals surface area contributed by atoms with Gasteiger partial charge in [-0.25, -0.2) is 0 Å². The van der Waals surface area contributed by atoms with Gasteiger partial charge in [-0.2, -0.15) is 0 Å². The Kier molecular flexibility index (Phi) is 3.10. The molecule has 0 radical (unpaired) electrons. The van der Waals surface area contributed by atoms with Gasteiger partial charge in [0, 0.05) is 0 Å². The molecule has 78 valence electrons. The first-order valence-corrected chi connectivity index (χ1v) is 5.08. The third-order valence-corrected chi connectivity index (χ3v) is 2.60. The van der Waals surface area contributed by atoms with Crippen molar-refractivity contribution in [2.45, 2.75) is 33.1 Å². The number of benzene rings is 1. The van der Waals surface area contributed by atoms with Gasteiger partial charge in [-0.05, 0) is 35.6 Å². The lowest BCUT2D eigenvalue weighted by Gasteiger charge is -2.22. The van der Waals surface area contributed by atoms with Crippen molar-refractivity contribution >= 4 is 11.6 Å². The summed E-state index contributed by atoms with van der Waals surface area (Å²) in [6.07, 6.45) is 0. The fourth-order valence-electron chi connectivity index (χ4n) is 1.62. The first-order valence-electron chi connectivity index (χ1n) is 4.71. The molecular formula is C12H17ClO. The maximum Gasteiger partial charge on any atom is 0.137 e. The van der Waals surface area contributed by atoms with Crippen LogP contribution in [0, 0.1) is 6.92 Å². The smallest absolute Gasteiger partial charge is 0.137 e. The number of hydrogen-bond acceptors (Lipinski definition) is 1. The second kappa shape index (κ2) is 3.82. The Bertz CT molecular complexity index is 337. The van der Waals surface area contributed by atoms with Crippen molar-refractivity contribution in [1.82, 2.24) is 0 Å². The van der Waals surface area contributed by atoms with Crippen LogP contribution in [0.15, 0.2) is 12.1 Å². The number of aryl methyl sites for hydroxylation is 1. The van der Waals surface area contributed by atoms with E-state index in [1.807, 2.05) is 12.1 Å². The second-order valence-corrected chi connectivity index (χ2v) is 4.96. The average Bonchev–Trinajstić information content (AvgIpc) is 2.06. The van der Waals surface area contributed by atoms with E-state index in [-0.39, 0.29) is 5.41 Å². The zero-order valence-electron chi connectivity index (χ0n) is 9.44. The number of hydrogen-bond donors (Lipinski definition) is 0. The lowest BCUT2D eigenvalue weighted by Crippen LogP contribution is -2.13. The van der Waals surface area contributed by atoms with Crippen LogP contribution in [0.3, 0.4) is 0 Å². The van der Waals surface area contributed by atoms with E-state index in [0.29, 0.717) is 5.02 Å². The quantitative estimate of drug-likeness (QED) is 0.685. The van der Waals surface area contributed by atoms with Crippen LogP contribution in [0.25, 0.3) is 0 Å². The van der Waals surface area contributed by atoms with Gasteiger partial charge in [-0.1, -0.05) is 32.4 Å². The number of halogens is 1. The largest absolute Gasteiger partial charge is 0.495 e. The molecule has 0 atom stereocenters. The van der Waals surface area contributed by atoms with E-state index in [0.717, 1.165) is 5.75 Å². The third-order valence-electron chi connectivity index (χ3n) is 2.31. The van der Waals surface area contributed by atoms with Crippen molar-refractivity contribution in [2.24, 2.45) is 0 Å². The standard InChI is InChI=1S/C12H17ClO/c1-8-6-11(14-5)10(13)7-9(8)12(2,3)4/h6-7H,1-5H3. The van der Waals surface area contributed by atoms with E-state index in [4.69, 9.17) is 16.3 Å². The van der Waals surface area contributed by atoms with E-state index in [1.165, 1.54) is 11.1 Å². The lowest BCUT2D eigenvalue weighted by molar-refractivity contribution is 0.414. The van der Waals surface area contributed by atoms with Gasteiger partial charge in [0.15, 0.2) is 0 Å². The highest BCUT2D eigenvalue weighted by molar-refractivity contribution is 6.32. The van der Waals surface area contributed by atoms with Crippen LogP contribution < -0.4 is 4.74 Å². The van der Waals surface area contributed by atoms with Crippen molar-refractivity contribution in [3.63, 3.8) is 0 Å². The Morgan fingerprint density at radius 2 is 1.79 bits per heavy atom. The Morgan fingerprint density at radius 1 is 1.21 bits per heavy atom. The summed E-state index contributed by atoms with van der Waals surface area (Å²) < 4.78 is 5.16. The molecule has 0 spiro atoms. The first kappa shape index (κ1) is 11.4. The average molecular weight is 213 g/mol. The van der Waals surface area contributed by atoms with Gasteiger partial charge >= 0.3 is 0 Å². The lowest BCUT2D eigenvalue weighted by atomic mass is 9.84. The zero-order chi connectivity index (χ0) is 10.9. The maximum atomic E-state index is 6.08. The van der Waals surface area contributed by atoms with E-state index in [2.05, 4.69) is 27.7 Å². The molecule has 0 N–H and O–H groups in total. The second-order valence-electron chi connectivity index (χ2n) is 4.55. The molecule has 1 aromatic rings. The van der Waals surface area contributed by atoms with Crippen LogP contribution in [0.2, 0.25) is 5.02 Å². The molecule has 0 amide bonds. The number of rotatable bonds is 1. The van der Waals surface area contributed by atoms with Crippen LogP contribution in [-0.4, -0.2) is 7.11 Å². The van der Waals surface area contributed by atoms with Crippen LogP contribution in [0.1, 0.15) is 31.9 Å². The van der Waals surface area contributed by atoms with Crippen molar-refractivity contribution in [3.05, 3.63) is 28.3 Å². The summed E-state index contributed by atoms with van der Waals surface area (Å²) in [6.45, 7) is 8.62. The predicted octanol–water partition coefficient (Wildman–Crippen LogP) is 3.95. The molecule has 0 bridgehead atoms. The molecule has 0 aliphatic rings. The fraction of sp³-hybridized carbons (Fsp3) is 0.500. The Hall–Kier alpha value is -0.690. The molecular weight excluding hydrogens is 196 g/mol. The SMILES string of the molecule is COc1cc(C)c(C(C)(C)C)cc1Cl. The third kappa shape index (κ3) is 2.21. The summed E-state index contributed by atoms with van der Waals surface area (Å²) in [4.78, 5) is 0. The van der Waals surface area contributed by atoms with Gasteiger partial charge in [0.05, 0.1) is 12.1 Å². The molecule has 1 aromatic carbocycles. The topological polar surface area (TPSA) is 9.23 Å². The maximum absolute atomic E-state index is 6.08. The van der Waals surface area contributed by atoms with Gasteiger partial charge in [-0.15, -0.1) is 0 Å². The highest BCUT2D eigenvalue weighted by Crippen LogP contribution is 2.33.